The van der Waals surface area contributed by atoms with E-state index in [-0.39, 0.29) is 18.3 Å². The molecule has 1 amide bonds. The average Bonchev–Trinajstić information content (AvgIpc) is 2.95. The fraction of sp³-hybridized carbons (Fsp3) is 0.636. The van der Waals surface area contributed by atoms with Crippen molar-refractivity contribution in [3.05, 3.63) is 11.9 Å². The van der Waals surface area contributed by atoms with Gasteiger partial charge in [-0.1, -0.05) is 5.21 Å². The van der Waals surface area contributed by atoms with Crippen LogP contribution in [0.4, 0.5) is 0 Å². The van der Waals surface area contributed by atoms with Crippen molar-refractivity contribution in [3.63, 3.8) is 0 Å². The molecule has 1 aliphatic heterocycles. The Labute approximate surface area is 115 Å². The highest BCUT2D eigenvalue weighted by atomic mass is 16.4. The zero-order valence-electron chi connectivity index (χ0n) is 10.8. The lowest BCUT2D eigenvalue weighted by atomic mass is 10.1. The number of aliphatic carboxylic acids is 1. The molecule has 110 valence electrons. The van der Waals surface area contributed by atoms with Gasteiger partial charge in [-0.25, -0.2) is 9.48 Å². The van der Waals surface area contributed by atoms with E-state index in [1.54, 1.807) is 10.9 Å². The van der Waals surface area contributed by atoms with Gasteiger partial charge < -0.3 is 20.8 Å². The summed E-state index contributed by atoms with van der Waals surface area (Å²) in [5.41, 5.74) is 0.112. The molecule has 4 N–H and O–H groups in total. The fourth-order valence-corrected chi connectivity index (χ4v) is 2.00. The molecule has 0 bridgehead atoms. The van der Waals surface area contributed by atoms with Crippen molar-refractivity contribution in [3.8, 4) is 0 Å². The molecule has 0 saturated carbocycles. The van der Waals surface area contributed by atoms with Crippen molar-refractivity contribution in [2.45, 2.75) is 25.0 Å². The Balaban J connectivity index is 1.90. The maximum Gasteiger partial charge on any atom is 0.334 e. The molecule has 1 fully saturated rings. The van der Waals surface area contributed by atoms with Crippen LogP contribution in [0, 0.1) is 0 Å². The first-order chi connectivity index (χ1) is 9.58. The number of carboxylic acid groups (broad SMARTS) is 1. The number of aromatic nitrogens is 3. The second-order valence-electron chi connectivity index (χ2n) is 4.63. The zero-order valence-corrected chi connectivity index (χ0v) is 10.8. The largest absolute Gasteiger partial charge is 0.479 e. The van der Waals surface area contributed by atoms with E-state index in [1.165, 1.54) is 0 Å². The van der Waals surface area contributed by atoms with Gasteiger partial charge in [0.1, 0.15) is 0 Å². The summed E-state index contributed by atoms with van der Waals surface area (Å²) in [6.45, 7) is 1.43. The van der Waals surface area contributed by atoms with Crippen LogP contribution in [0.5, 0.6) is 0 Å². The molecule has 1 atom stereocenters. The van der Waals surface area contributed by atoms with E-state index in [1.807, 2.05) is 0 Å². The lowest BCUT2D eigenvalue weighted by molar-refractivity contribution is -0.146. The fourth-order valence-electron chi connectivity index (χ4n) is 2.00. The molecule has 0 aromatic carbocycles. The van der Waals surface area contributed by atoms with Crippen LogP contribution in [-0.2, 0) is 4.79 Å². The minimum Gasteiger partial charge on any atom is -0.479 e. The van der Waals surface area contributed by atoms with Gasteiger partial charge in [-0.3, -0.25) is 4.79 Å². The molecule has 1 aromatic rings. The van der Waals surface area contributed by atoms with Crippen LogP contribution in [0.15, 0.2) is 6.20 Å². The van der Waals surface area contributed by atoms with E-state index in [4.69, 9.17) is 10.2 Å². The summed E-state index contributed by atoms with van der Waals surface area (Å²) in [6.07, 6.45) is 1.75. The van der Waals surface area contributed by atoms with Gasteiger partial charge in [0.15, 0.2) is 11.8 Å². The van der Waals surface area contributed by atoms with Crippen molar-refractivity contribution in [1.82, 2.24) is 25.6 Å². The number of carbonyl (C=O) groups is 2. The molecule has 0 radical (unpaired) electrons. The van der Waals surface area contributed by atoms with Gasteiger partial charge in [0.25, 0.3) is 5.91 Å². The van der Waals surface area contributed by atoms with Crippen LogP contribution in [0.25, 0.3) is 0 Å². The van der Waals surface area contributed by atoms with Crippen LogP contribution >= 0.6 is 0 Å². The lowest BCUT2D eigenvalue weighted by Gasteiger charge is -2.22. The van der Waals surface area contributed by atoms with Gasteiger partial charge in [0.2, 0.25) is 0 Å². The predicted octanol–water partition coefficient (Wildman–Crippen LogP) is -1.62. The highest BCUT2D eigenvalue weighted by molar-refractivity contribution is 5.92. The molecule has 1 aromatic heterocycles. The van der Waals surface area contributed by atoms with E-state index < -0.39 is 18.0 Å². The minimum absolute atomic E-state index is 0.112. The Morgan fingerprint density at radius 1 is 1.50 bits per heavy atom. The van der Waals surface area contributed by atoms with E-state index in [9.17, 15) is 9.59 Å². The number of hydrogen-bond acceptors (Lipinski definition) is 6. The Bertz CT molecular complexity index is 483. The maximum atomic E-state index is 11.7. The predicted molar refractivity (Wildman–Crippen MR) is 67.1 cm³/mol. The second kappa shape index (κ2) is 6.44. The van der Waals surface area contributed by atoms with E-state index in [0.29, 0.717) is 0 Å². The molecule has 1 unspecified atom stereocenters. The monoisotopic (exact) mass is 283 g/mol. The number of aliphatic hydroxyl groups is 1. The summed E-state index contributed by atoms with van der Waals surface area (Å²) >= 11 is 0. The average molecular weight is 283 g/mol. The molecule has 1 saturated heterocycles. The molecule has 9 heteroatoms. The van der Waals surface area contributed by atoms with Crippen LogP contribution in [0.3, 0.4) is 0 Å². The number of carboxylic acids is 1. The number of nitrogens with one attached hydrogen (secondary N) is 2. The number of hydrogen-bond donors (Lipinski definition) is 4. The number of carbonyl (C=O) groups excluding carboxylic acids is 1. The van der Waals surface area contributed by atoms with E-state index in [2.05, 4.69) is 20.9 Å². The Morgan fingerprint density at radius 3 is 2.85 bits per heavy atom. The minimum atomic E-state index is -1.63. The Kier molecular flexibility index (Phi) is 4.64. The van der Waals surface area contributed by atoms with Crippen molar-refractivity contribution < 1.29 is 19.8 Å². The number of amides is 1. The topological polar surface area (TPSA) is 129 Å². The number of rotatable bonds is 5. The van der Waals surface area contributed by atoms with Gasteiger partial charge in [0.05, 0.1) is 18.8 Å². The van der Waals surface area contributed by atoms with Gasteiger partial charge in [-0.2, -0.15) is 0 Å². The third kappa shape index (κ3) is 3.52. The summed E-state index contributed by atoms with van der Waals surface area (Å²) in [5, 5.41) is 30.8. The number of piperidine rings is 1. The van der Waals surface area contributed by atoms with Crippen molar-refractivity contribution in [2.75, 3.05) is 19.6 Å². The molecule has 2 heterocycles. The van der Waals surface area contributed by atoms with Crippen LogP contribution in [0.1, 0.15) is 29.4 Å². The van der Waals surface area contributed by atoms with Crippen LogP contribution in [0.2, 0.25) is 0 Å². The molecular weight excluding hydrogens is 266 g/mol. The van der Waals surface area contributed by atoms with Crippen molar-refractivity contribution in [2.24, 2.45) is 0 Å². The van der Waals surface area contributed by atoms with Crippen LogP contribution < -0.4 is 10.6 Å². The van der Waals surface area contributed by atoms with Crippen molar-refractivity contribution in [1.29, 1.82) is 0 Å². The number of nitrogens with zero attached hydrogens (tertiary/aromatic N) is 3. The van der Waals surface area contributed by atoms with Crippen molar-refractivity contribution >= 4 is 11.9 Å². The summed E-state index contributed by atoms with van der Waals surface area (Å²) in [4.78, 5) is 22.1. The van der Waals surface area contributed by atoms with E-state index in [0.717, 1.165) is 25.9 Å². The Morgan fingerprint density at radius 2 is 2.20 bits per heavy atom. The summed E-state index contributed by atoms with van der Waals surface area (Å²) in [7, 11) is 0. The molecule has 1 aliphatic rings. The first-order valence-corrected chi connectivity index (χ1v) is 6.39. The van der Waals surface area contributed by atoms with Gasteiger partial charge >= 0.3 is 5.97 Å². The summed E-state index contributed by atoms with van der Waals surface area (Å²) in [6, 6.07) is 0.218. The van der Waals surface area contributed by atoms with E-state index >= 15 is 0 Å². The normalized spacial score (nSPS) is 17.6. The molecule has 0 spiro atoms. The third-order valence-electron chi connectivity index (χ3n) is 3.17. The first kappa shape index (κ1) is 14.4. The molecular formula is C11H17N5O4. The molecule has 20 heavy (non-hydrogen) atoms. The smallest absolute Gasteiger partial charge is 0.334 e. The summed E-state index contributed by atoms with van der Waals surface area (Å²) in [5.74, 6) is -1.94. The molecule has 0 aliphatic carbocycles. The number of aliphatic hydroxyl groups excluding tert-OH is 1. The molecule has 2 rings (SSSR count). The van der Waals surface area contributed by atoms with Gasteiger partial charge in [0, 0.05) is 0 Å². The lowest BCUT2D eigenvalue weighted by Crippen LogP contribution is -2.36. The first-order valence-electron chi connectivity index (χ1n) is 6.39. The summed E-state index contributed by atoms with van der Waals surface area (Å²) < 4.78 is 1.66. The standard InChI is InChI=1S/C11H17N5O4/c17-9(11(19)20)5-13-10(18)8-6-16(15-14-8)7-1-3-12-4-2-7/h6-7,9,12,17H,1-5H2,(H,13,18)(H,19,20). The quantitative estimate of drug-likeness (QED) is 0.511. The van der Waals surface area contributed by atoms with Gasteiger partial charge in [-0.15, -0.1) is 5.10 Å². The highest BCUT2D eigenvalue weighted by Crippen LogP contribution is 2.16. The molecule has 9 nitrogen and oxygen atoms in total. The van der Waals surface area contributed by atoms with Crippen LogP contribution in [-0.4, -0.2) is 62.8 Å². The SMILES string of the molecule is O=C(NCC(O)C(=O)O)c1cn(C2CCNCC2)nn1. The third-order valence-corrected chi connectivity index (χ3v) is 3.17. The second-order valence-corrected chi connectivity index (χ2v) is 4.63. The highest BCUT2D eigenvalue weighted by Gasteiger charge is 2.20. The Hall–Kier alpha value is -2.00. The van der Waals surface area contributed by atoms with Gasteiger partial charge in [-0.05, 0) is 25.9 Å². The maximum absolute atomic E-state index is 11.7. The zero-order chi connectivity index (χ0) is 14.5.